The van der Waals surface area contributed by atoms with E-state index in [4.69, 9.17) is 10.1 Å². The summed E-state index contributed by atoms with van der Waals surface area (Å²) in [7, 11) is 0. The van der Waals surface area contributed by atoms with Crippen LogP contribution in [0.2, 0.25) is 0 Å². The van der Waals surface area contributed by atoms with Gasteiger partial charge in [-0.1, -0.05) is 44.4 Å². The molecule has 0 unspecified atom stereocenters. The van der Waals surface area contributed by atoms with Crippen LogP contribution in [-0.4, -0.2) is 27.2 Å². The monoisotopic (exact) mass is 402 g/mol. The summed E-state index contributed by atoms with van der Waals surface area (Å²) < 4.78 is 1.95. The molecule has 0 spiro atoms. The molecule has 0 bridgehead atoms. The molecule has 1 amide bonds. The number of benzene rings is 1. The van der Waals surface area contributed by atoms with Crippen LogP contribution in [0.4, 0.5) is 0 Å². The normalized spacial score (nSPS) is 16.2. The summed E-state index contributed by atoms with van der Waals surface area (Å²) in [5, 5.41) is 9.10. The number of amides is 1. The second-order valence-corrected chi connectivity index (χ2v) is 8.79. The largest absolute Gasteiger partial charge is 0.352 e. The van der Waals surface area contributed by atoms with Crippen LogP contribution in [0.25, 0.3) is 16.7 Å². The average Bonchev–Trinajstić information content (AvgIpc) is 3.70. The molecular weight excluding hydrogens is 372 g/mol. The minimum absolute atomic E-state index is 0.0234. The maximum Gasteiger partial charge on any atom is 0.252 e. The number of hydrogen-bond donors (Lipinski definition) is 1. The van der Waals surface area contributed by atoms with Crippen LogP contribution < -0.4 is 5.32 Å². The van der Waals surface area contributed by atoms with Crippen molar-refractivity contribution in [1.82, 2.24) is 20.1 Å². The fraction of sp³-hybridized carbons (Fsp3) is 0.480. The molecule has 5 nitrogen and oxygen atoms in total. The molecule has 5 rings (SSSR count). The molecular formula is C25H30N4O. The number of hydrogen-bond acceptors (Lipinski definition) is 3. The van der Waals surface area contributed by atoms with E-state index in [-0.39, 0.29) is 5.91 Å². The smallest absolute Gasteiger partial charge is 0.252 e. The molecule has 0 radical (unpaired) electrons. The van der Waals surface area contributed by atoms with Crippen molar-refractivity contribution in [3.05, 3.63) is 53.3 Å². The molecule has 0 saturated heterocycles. The molecule has 2 aliphatic carbocycles. The molecule has 1 aromatic carbocycles. The van der Waals surface area contributed by atoms with Crippen LogP contribution in [0.3, 0.4) is 0 Å². The maximum atomic E-state index is 13.3. The molecule has 156 valence electrons. The van der Waals surface area contributed by atoms with Gasteiger partial charge in [0.15, 0.2) is 5.65 Å². The van der Waals surface area contributed by atoms with Gasteiger partial charge in [0.25, 0.3) is 5.91 Å². The Morgan fingerprint density at radius 3 is 2.53 bits per heavy atom. The number of unbranched alkanes of at least 4 members (excludes halogenated alkanes) is 3. The molecule has 2 fully saturated rings. The zero-order chi connectivity index (χ0) is 20.5. The highest BCUT2D eigenvalue weighted by molar-refractivity contribution is 6.07. The Kier molecular flexibility index (Phi) is 5.28. The molecule has 3 aromatic rings. The van der Waals surface area contributed by atoms with Gasteiger partial charge in [0, 0.05) is 24.1 Å². The van der Waals surface area contributed by atoms with Crippen molar-refractivity contribution in [3.8, 4) is 5.69 Å². The number of para-hydroxylation sites is 1. The van der Waals surface area contributed by atoms with Crippen LogP contribution >= 0.6 is 0 Å². The lowest BCUT2D eigenvalue weighted by Crippen LogP contribution is -2.25. The third-order valence-corrected chi connectivity index (χ3v) is 6.21. The number of carbonyl (C=O) groups excluding carboxylic acids is 1. The minimum atomic E-state index is 0.0234. The molecule has 2 aliphatic rings. The van der Waals surface area contributed by atoms with Crippen molar-refractivity contribution < 1.29 is 4.79 Å². The van der Waals surface area contributed by atoms with Gasteiger partial charge in [0.1, 0.15) is 0 Å². The van der Waals surface area contributed by atoms with Crippen molar-refractivity contribution >= 4 is 16.9 Å². The summed E-state index contributed by atoms with van der Waals surface area (Å²) in [6.07, 6.45) is 9.21. The predicted molar refractivity (Wildman–Crippen MR) is 119 cm³/mol. The third-order valence-electron chi connectivity index (χ3n) is 6.21. The fourth-order valence-corrected chi connectivity index (χ4v) is 4.17. The number of carbonyl (C=O) groups is 1. The molecule has 30 heavy (non-hydrogen) atoms. The first-order valence-electron chi connectivity index (χ1n) is 11.5. The van der Waals surface area contributed by atoms with Gasteiger partial charge < -0.3 is 5.32 Å². The Morgan fingerprint density at radius 1 is 1.07 bits per heavy atom. The lowest BCUT2D eigenvalue weighted by atomic mass is 10.0. The van der Waals surface area contributed by atoms with Gasteiger partial charge in [-0.15, -0.1) is 0 Å². The molecule has 2 heterocycles. The Hall–Kier alpha value is -2.69. The lowest BCUT2D eigenvalue weighted by Gasteiger charge is -2.10. The Bertz CT molecular complexity index is 1050. The molecule has 0 atom stereocenters. The van der Waals surface area contributed by atoms with E-state index >= 15 is 0 Å². The first-order valence-corrected chi connectivity index (χ1v) is 11.5. The van der Waals surface area contributed by atoms with Crippen molar-refractivity contribution in [2.24, 2.45) is 0 Å². The Morgan fingerprint density at radius 2 is 1.83 bits per heavy atom. The van der Waals surface area contributed by atoms with Crippen LogP contribution in [0.1, 0.15) is 91.9 Å². The molecule has 1 N–H and O–H groups in total. The van der Waals surface area contributed by atoms with Crippen molar-refractivity contribution in [1.29, 1.82) is 0 Å². The second-order valence-electron chi connectivity index (χ2n) is 8.79. The van der Waals surface area contributed by atoms with E-state index in [0.717, 1.165) is 78.7 Å². The summed E-state index contributed by atoms with van der Waals surface area (Å²) in [5.74, 6) is 0.950. The fourth-order valence-electron chi connectivity index (χ4n) is 4.17. The van der Waals surface area contributed by atoms with E-state index in [1.807, 2.05) is 28.9 Å². The lowest BCUT2D eigenvalue weighted by molar-refractivity contribution is 0.0954. The van der Waals surface area contributed by atoms with Crippen molar-refractivity contribution in [3.63, 3.8) is 0 Å². The molecule has 2 saturated carbocycles. The molecule has 2 aromatic heterocycles. The molecule has 5 heteroatoms. The van der Waals surface area contributed by atoms with E-state index in [9.17, 15) is 4.79 Å². The number of rotatable bonds is 9. The summed E-state index contributed by atoms with van der Waals surface area (Å²) >= 11 is 0. The van der Waals surface area contributed by atoms with Gasteiger partial charge in [-0.3, -0.25) is 4.79 Å². The summed E-state index contributed by atoms with van der Waals surface area (Å²) in [6, 6.07) is 12.2. The highest BCUT2D eigenvalue weighted by Gasteiger charge is 2.34. The topological polar surface area (TPSA) is 59.8 Å². The van der Waals surface area contributed by atoms with Crippen molar-refractivity contribution in [2.75, 3.05) is 6.54 Å². The van der Waals surface area contributed by atoms with Gasteiger partial charge in [0.2, 0.25) is 0 Å². The summed E-state index contributed by atoms with van der Waals surface area (Å²) in [4.78, 5) is 18.3. The maximum absolute atomic E-state index is 13.3. The van der Waals surface area contributed by atoms with Gasteiger partial charge in [-0.25, -0.2) is 9.67 Å². The number of fused-ring (bicyclic) bond motifs is 1. The van der Waals surface area contributed by atoms with E-state index in [0.29, 0.717) is 11.8 Å². The van der Waals surface area contributed by atoms with Crippen LogP contribution in [0.15, 0.2) is 36.4 Å². The first kappa shape index (κ1) is 19.3. The first-order chi connectivity index (χ1) is 14.8. The van der Waals surface area contributed by atoms with Crippen molar-refractivity contribution in [2.45, 2.75) is 70.1 Å². The van der Waals surface area contributed by atoms with E-state index in [1.165, 1.54) is 12.8 Å². The van der Waals surface area contributed by atoms with E-state index < -0.39 is 0 Å². The van der Waals surface area contributed by atoms with Crippen LogP contribution in [-0.2, 0) is 0 Å². The summed E-state index contributed by atoms with van der Waals surface area (Å²) in [6.45, 7) is 2.93. The Balaban J connectivity index is 1.57. The average molecular weight is 403 g/mol. The number of pyridine rings is 1. The number of aromatic nitrogens is 3. The summed E-state index contributed by atoms with van der Waals surface area (Å²) in [5.41, 5.74) is 4.68. The van der Waals surface area contributed by atoms with Gasteiger partial charge in [-0.2, -0.15) is 5.10 Å². The SMILES string of the molecule is CCCCCCNC(=O)c1cc(C2CC2)nc2c1c(C1CC1)nn2-c1ccccc1. The van der Waals surface area contributed by atoms with Crippen LogP contribution in [0, 0.1) is 0 Å². The Labute approximate surface area is 177 Å². The predicted octanol–water partition coefficient (Wildman–Crippen LogP) is 5.49. The third kappa shape index (κ3) is 3.85. The standard InChI is InChI=1S/C25H30N4O/c1-2-3-4-8-15-26-25(30)20-16-21(17-11-12-17)27-24-22(20)23(18-13-14-18)28-29(24)19-9-6-5-7-10-19/h5-7,9-10,16-18H,2-4,8,11-15H2,1H3,(H,26,30). The highest BCUT2D eigenvalue weighted by Crippen LogP contribution is 2.45. The van der Waals surface area contributed by atoms with E-state index in [2.05, 4.69) is 24.4 Å². The minimum Gasteiger partial charge on any atom is -0.352 e. The number of nitrogens with one attached hydrogen (secondary N) is 1. The zero-order valence-corrected chi connectivity index (χ0v) is 17.7. The van der Waals surface area contributed by atoms with E-state index in [1.54, 1.807) is 0 Å². The zero-order valence-electron chi connectivity index (χ0n) is 17.7. The molecule has 0 aliphatic heterocycles. The van der Waals surface area contributed by atoms with Gasteiger partial charge in [-0.05, 0) is 50.3 Å². The highest BCUT2D eigenvalue weighted by atomic mass is 16.1. The quantitative estimate of drug-likeness (QED) is 0.482. The van der Waals surface area contributed by atoms with Crippen LogP contribution in [0.5, 0.6) is 0 Å². The van der Waals surface area contributed by atoms with Gasteiger partial charge >= 0.3 is 0 Å². The number of nitrogens with zero attached hydrogens (tertiary/aromatic N) is 3. The van der Waals surface area contributed by atoms with Gasteiger partial charge in [0.05, 0.1) is 22.3 Å². The second kappa shape index (κ2) is 8.21.